The Hall–Kier alpha value is -1.71. The Morgan fingerprint density at radius 1 is 1.30 bits per heavy atom. The van der Waals surface area contributed by atoms with Crippen LogP contribution in [0.15, 0.2) is 6.07 Å². The lowest BCUT2D eigenvalue weighted by atomic mass is 10.1. The summed E-state index contributed by atoms with van der Waals surface area (Å²) in [6, 6.07) is 0.225. The summed E-state index contributed by atoms with van der Waals surface area (Å²) < 4.78 is 77.0. The van der Waals surface area contributed by atoms with Gasteiger partial charge >= 0.3 is 18.5 Å². The molecule has 1 aromatic heterocycles. The monoisotopic (exact) mass is 323 g/mol. The Bertz CT molecular complexity index is 528. The van der Waals surface area contributed by atoms with Crippen molar-refractivity contribution in [1.82, 2.24) is 4.98 Å². The van der Waals surface area contributed by atoms with Gasteiger partial charge in [0.05, 0.1) is 11.4 Å². The zero-order valence-electron chi connectivity index (χ0n) is 9.14. The van der Waals surface area contributed by atoms with Crippen molar-refractivity contribution < 1.29 is 41.0 Å². The normalized spacial score (nSPS) is 12.3. The van der Waals surface area contributed by atoms with Gasteiger partial charge in [-0.3, -0.25) is 0 Å². The van der Waals surface area contributed by atoms with Gasteiger partial charge in [-0.05, 0) is 0 Å². The number of carboxylic acid groups (broad SMARTS) is 1. The first-order chi connectivity index (χ1) is 8.95. The molecule has 0 fully saturated rings. The molecule has 0 saturated carbocycles. The predicted octanol–water partition coefficient (Wildman–Crippen LogP) is 3.44. The van der Waals surface area contributed by atoms with Crippen molar-refractivity contribution in [2.45, 2.75) is 18.4 Å². The second-order valence-corrected chi connectivity index (χ2v) is 3.59. The number of nitrogens with zero attached hydrogens (tertiary/aromatic N) is 1. The van der Waals surface area contributed by atoms with Crippen molar-refractivity contribution in [3.8, 4) is 5.88 Å². The van der Waals surface area contributed by atoms with Gasteiger partial charge in [0.1, 0.15) is 0 Å². The molecule has 0 aliphatic carbocycles. The molecule has 0 spiro atoms. The SMILES string of the molecule is O=C(O)c1cc(OC(F)(F)F)nc(C(F)(F)F)c1CCl. The minimum atomic E-state index is -5.31. The molecule has 0 atom stereocenters. The Morgan fingerprint density at radius 2 is 1.85 bits per heavy atom. The van der Waals surface area contributed by atoms with Gasteiger partial charge in [0.25, 0.3) is 0 Å². The molecular weight excluding hydrogens is 320 g/mol. The van der Waals surface area contributed by atoms with Gasteiger partial charge in [0, 0.05) is 11.6 Å². The van der Waals surface area contributed by atoms with Crippen LogP contribution in [-0.2, 0) is 12.1 Å². The number of pyridine rings is 1. The third kappa shape index (κ3) is 3.89. The molecule has 20 heavy (non-hydrogen) atoms. The quantitative estimate of drug-likeness (QED) is 0.684. The molecule has 0 aliphatic rings. The van der Waals surface area contributed by atoms with E-state index >= 15 is 0 Å². The summed E-state index contributed by atoms with van der Waals surface area (Å²) >= 11 is 5.21. The van der Waals surface area contributed by atoms with Crippen LogP contribution >= 0.6 is 11.6 Å². The minimum Gasteiger partial charge on any atom is -0.478 e. The summed E-state index contributed by atoms with van der Waals surface area (Å²) in [5, 5.41) is 8.72. The molecule has 0 bridgehead atoms. The van der Waals surface area contributed by atoms with E-state index < -0.39 is 47.1 Å². The van der Waals surface area contributed by atoms with Crippen LogP contribution in [0.5, 0.6) is 5.88 Å². The summed E-state index contributed by atoms with van der Waals surface area (Å²) in [5.74, 6) is -4.31. The molecule has 1 N–H and O–H groups in total. The fourth-order valence-corrected chi connectivity index (χ4v) is 1.55. The minimum absolute atomic E-state index is 0.225. The molecule has 0 unspecified atom stereocenters. The smallest absolute Gasteiger partial charge is 0.478 e. The third-order valence-electron chi connectivity index (χ3n) is 1.95. The summed E-state index contributed by atoms with van der Waals surface area (Å²) in [5.41, 5.74) is -3.85. The highest BCUT2D eigenvalue weighted by Gasteiger charge is 2.39. The van der Waals surface area contributed by atoms with Gasteiger partial charge in [0.15, 0.2) is 5.69 Å². The molecule has 0 aromatic carbocycles. The number of carbonyl (C=O) groups is 1. The van der Waals surface area contributed by atoms with E-state index in [1.54, 1.807) is 0 Å². The highest BCUT2D eigenvalue weighted by Crippen LogP contribution is 2.35. The molecule has 0 amide bonds. The van der Waals surface area contributed by atoms with Gasteiger partial charge in [-0.15, -0.1) is 24.8 Å². The Morgan fingerprint density at radius 3 is 2.20 bits per heavy atom. The molecule has 0 radical (unpaired) electrons. The number of carboxylic acids is 1. The lowest BCUT2D eigenvalue weighted by molar-refractivity contribution is -0.276. The van der Waals surface area contributed by atoms with E-state index in [0.29, 0.717) is 0 Å². The summed E-state index contributed by atoms with van der Waals surface area (Å²) in [4.78, 5) is 13.4. The highest BCUT2D eigenvalue weighted by molar-refractivity contribution is 6.17. The molecule has 0 saturated heterocycles. The molecule has 1 heterocycles. The zero-order valence-corrected chi connectivity index (χ0v) is 9.90. The van der Waals surface area contributed by atoms with Crippen molar-refractivity contribution in [2.24, 2.45) is 0 Å². The van der Waals surface area contributed by atoms with Gasteiger partial charge in [-0.2, -0.15) is 13.2 Å². The fraction of sp³-hybridized carbons (Fsp3) is 0.333. The predicted molar refractivity (Wildman–Crippen MR) is 52.4 cm³/mol. The first-order valence-electron chi connectivity index (χ1n) is 4.62. The van der Waals surface area contributed by atoms with Crippen molar-refractivity contribution in [3.63, 3.8) is 0 Å². The highest BCUT2D eigenvalue weighted by atomic mass is 35.5. The number of hydrogen-bond acceptors (Lipinski definition) is 3. The zero-order chi connectivity index (χ0) is 15.7. The van der Waals surface area contributed by atoms with Crippen LogP contribution in [-0.4, -0.2) is 22.4 Å². The average Bonchev–Trinajstić information content (AvgIpc) is 2.24. The van der Waals surface area contributed by atoms with Crippen molar-refractivity contribution >= 4 is 17.6 Å². The first-order valence-corrected chi connectivity index (χ1v) is 5.15. The summed E-state index contributed by atoms with van der Waals surface area (Å²) in [7, 11) is 0. The number of halogens is 7. The molecular formula is C9H4ClF6NO3. The van der Waals surface area contributed by atoms with E-state index in [4.69, 9.17) is 16.7 Å². The summed E-state index contributed by atoms with van der Waals surface area (Å²) in [6.07, 6.45) is -10.5. The topological polar surface area (TPSA) is 59.4 Å². The van der Waals surface area contributed by atoms with Gasteiger partial charge in [-0.25, -0.2) is 9.78 Å². The number of aromatic carboxylic acids is 1. The maximum atomic E-state index is 12.6. The van der Waals surface area contributed by atoms with E-state index in [1.165, 1.54) is 0 Å². The fourth-order valence-electron chi connectivity index (χ4n) is 1.28. The van der Waals surface area contributed by atoms with Crippen LogP contribution in [0, 0.1) is 0 Å². The number of aromatic nitrogens is 1. The van der Waals surface area contributed by atoms with Crippen LogP contribution in [0.2, 0.25) is 0 Å². The van der Waals surface area contributed by atoms with E-state index in [0.717, 1.165) is 0 Å². The van der Waals surface area contributed by atoms with Crippen molar-refractivity contribution in [2.75, 3.05) is 0 Å². The third-order valence-corrected chi connectivity index (χ3v) is 2.22. The molecule has 1 rings (SSSR count). The second-order valence-electron chi connectivity index (χ2n) is 3.32. The summed E-state index contributed by atoms with van der Waals surface area (Å²) in [6.45, 7) is 0. The largest absolute Gasteiger partial charge is 0.574 e. The lowest BCUT2D eigenvalue weighted by Gasteiger charge is -2.15. The maximum absolute atomic E-state index is 12.6. The van der Waals surface area contributed by atoms with Crippen molar-refractivity contribution in [1.29, 1.82) is 0 Å². The molecule has 1 aromatic rings. The van der Waals surface area contributed by atoms with Crippen LogP contribution in [0.3, 0.4) is 0 Å². The Balaban J connectivity index is 3.52. The van der Waals surface area contributed by atoms with E-state index in [-0.39, 0.29) is 6.07 Å². The molecule has 4 nitrogen and oxygen atoms in total. The standard InChI is InChI=1S/C9H4ClF6NO3/c10-2-4-3(7(18)19)1-5(20-9(14,15)16)17-6(4)8(11,12)13/h1H,2H2,(H,18,19). The average molecular weight is 324 g/mol. The van der Waals surface area contributed by atoms with Gasteiger partial charge in [0.2, 0.25) is 5.88 Å². The van der Waals surface area contributed by atoms with E-state index in [2.05, 4.69) is 9.72 Å². The second kappa shape index (κ2) is 5.35. The number of alkyl halides is 7. The number of rotatable bonds is 3. The lowest BCUT2D eigenvalue weighted by Crippen LogP contribution is -2.21. The molecule has 112 valence electrons. The Labute approximate surface area is 111 Å². The van der Waals surface area contributed by atoms with E-state index in [9.17, 15) is 31.1 Å². The molecule has 0 aliphatic heterocycles. The maximum Gasteiger partial charge on any atom is 0.574 e. The number of ether oxygens (including phenoxy) is 1. The van der Waals surface area contributed by atoms with Crippen LogP contribution in [0.25, 0.3) is 0 Å². The van der Waals surface area contributed by atoms with Crippen LogP contribution in [0.4, 0.5) is 26.3 Å². The molecule has 11 heteroatoms. The van der Waals surface area contributed by atoms with Crippen molar-refractivity contribution in [3.05, 3.63) is 22.9 Å². The van der Waals surface area contributed by atoms with Gasteiger partial charge in [-0.1, -0.05) is 0 Å². The van der Waals surface area contributed by atoms with Crippen LogP contribution < -0.4 is 4.74 Å². The van der Waals surface area contributed by atoms with E-state index in [1.807, 2.05) is 0 Å². The van der Waals surface area contributed by atoms with Crippen LogP contribution in [0.1, 0.15) is 21.6 Å². The van der Waals surface area contributed by atoms with Gasteiger partial charge < -0.3 is 9.84 Å². The first kappa shape index (κ1) is 16.3. The Kier molecular flexibility index (Phi) is 4.37. The number of hydrogen-bond donors (Lipinski definition) is 1.